The SMILES string of the molecule is c1ccc(-c2cccc(-c3ccc4c(c3)c3cc(-c5cccc(-c6cccnc6)c5)ccc3n4-c3ccc4sc5ccc(-n6c7ccc(-c8cccc(-c9ccccc9)c8)cc7c7cc(-c8cccc(-c9cccnc9)c8)ccc76)cc5c4c3)c2)cc1. The van der Waals surface area contributed by atoms with Crippen molar-refractivity contribution in [1.82, 2.24) is 19.1 Å². The summed E-state index contributed by atoms with van der Waals surface area (Å²) in [5, 5.41) is 7.29. The first kappa shape index (κ1) is 50.3. The number of aromatic nitrogens is 4. The Morgan fingerprint density at radius 1 is 0.207 bits per heavy atom. The van der Waals surface area contributed by atoms with E-state index in [-0.39, 0.29) is 0 Å². The van der Waals surface area contributed by atoms with Crippen LogP contribution in [0.1, 0.15) is 0 Å². The Morgan fingerprint density at radius 3 is 0.816 bits per heavy atom. The molecule has 87 heavy (non-hydrogen) atoms. The molecule has 0 aliphatic heterocycles. The zero-order chi connectivity index (χ0) is 57.4. The van der Waals surface area contributed by atoms with Crippen molar-refractivity contribution in [2.75, 3.05) is 0 Å². The van der Waals surface area contributed by atoms with E-state index < -0.39 is 0 Å². The van der Waals surface area contributed by atoms with E-state index in [1.165, 1.54) is 97.4 Å². The van der Waals surface area contributed by atoms with E-state index in [4.69, 9.17) is 0 Å². The number of thiophene rings is 1. The van der Waals surface area contributed by atoms with Crippen LogP contribution in [-0.2, 0) is 0 Å². The minimum atomic E-state index is 1.10. The number of hydrogen-bond donors (Lipinski definition) is 0. The summed E-state index contributed by atoms with van der Waals surface area (Å²) in [6, 6.07) is 107. The molecule has 0 amide bonds. The van der Waals surface area contributed by atoms with Gasteiger partial charge in [-0.2, -0.15) is 0 Å². The van der Waals surface area contributed by atoms with Crippen LogP contribution in [0.2, 0.25) is 0 Å². The smallest absolute Gasteiger partial charge is 0.0541 e. The number of hydrogen-bond acceptors (Lipinski definition) is 3. The van der Waals surface area contributed by atoms with Crippen molar-refractivity contribution in [1.29, 1.82) is 0 Å². The number of pyridine rings is 2. The Hall–Kier alpha value is -11.2. The van der Waals surface area contributed by atoms with Gasteiger partial charge in [-0.25, -0.2) is 0 Å². The van der Waals surface area contributed by atoms with E-state index in [1.807, 2.05) is 48.3 Å². The summed E-state index contributed by atoms with van der Waals surface area (Å²) < 4.78 is 7.46. The van der Waals surface area contributed by atoms with Crippen LogP contribution in [0.15, 0.2) is 316 Å². The highest BCUT2D eigenvalue weighted by atomic mass is 32.1. The fourth-order valence-corrected chi connectivity index (χ4v) is 14.3. The monoisotopic (exact) mass is 1120 g/mol. The number of benzene rings is 12. The summed E-state index contributed by atoms with van der Waals surface area (Å²) in [4.78, 5) is 8.86. The fraction of sp³-hybridized carbons (Fsp3) is 0. The van der Waals surface area contributed by atoms with Gasteiger partial charge in [0, 0.05) is 89.0 Å². The topological polar surface area (TPSA) is 35.6 Å². The van der Waals surface area contributed by atoms with Crippen LogP contribution in [-0.4, -0.2) is 19.1 Å². The Morgan fingerprint density at radius 2 is 0.494 bits per heavy atom. The maximum atomic E-state index is 4.43. The molecule has 0 saturated heterocycles. The summed E-state index contributed by atoms with van der Waals surface area (Å²) in [7, 11) is 0. The molecule has 0 N–H and O–H groups in total. The first-order valence-electron chi connectivity index (χ1n) is 29.6. The molecule has 17 aromatic rings. The molecule has 0 spiro atoms. The molecular formula is C82H52N4S. The predicted molar refractivity (Wildman–Crippen MR) is 367 cm³/mol. The van der Waals surface area contributed by atoms with E-state index >= 15 is 0 Å². The van der Waals surface area contributed by atoms with E-state index in [9.17, 15) is 0 Å². The van der Waals surface area contributed by atoms with Crippen LogP contribution in [0, 0.1) is 0 Å². The average Bonchev–Trinajstić information content (AvgIpc) is 1.71. The summed E-state index contributed by atoms with van der Waals surface area (Å²) in [6.07, 6.45) is 7.53. The predicted octanol–water partition coefficient (Wildman–Crippen LogP) is 22.4. The van der Waals surface area contributed by atoms with Crippen LogP contribution >= 0.6 is 11.3 Å². The molecular weight excluding hydrogens is 1070 g/mol. The van der Waals surface area contributed by atoms with Crippen LogP contribution in [0.4, 0.5) is 0 Å². The average molecular weight is 1130 g/mol. The first-order valence-corrected chi connectivity index (χ1v) is 30.4. The van der Waals surface area contributed by atoms with Crippen molar-refractivity contribution >= 4 is 75.1 Å². The summed E-state index contributed by atoms with van der Waals surface area (Å²) in [5.74, 6) is 0. The van der Waals surface area contributed by atoms with E-state index in [2.05, 4.69) is 298 Å². The zero-order valence-electron chi connectivity index (χ0n) is 47.2. The van der Waals surface area contributed by atoms with E-state index in [0.717, 1.165) is 66.8 Å². The minimum absolute atomic E-state index is 1.10. The van der Waals surface area contributed by atoms with Gasteiger partial charge in [0.2, 0.25) is 0 Å². The number of rotatable bonds is 10. The van der Waals surface area contributed by atoms with Gasteiger partial charge in [0.25, 0.3) is 0 Å². The Kier molecular flexibility index (Phi) is 12.0. The van der Waals surface area contributed by atoms with Gasteiger partial charge in [0.05, 0.1) is 22.1 Å². The first-order chi connectivity index (χ1) is 43.1. The summed E-state index contributed by atoms with van der Waals surface area (Å²) in [6.45, 7) is 0. The normalized spacial score (nSPS) is 11.7. The van der Waals surface area contributed by atoms with Gasteiger partial charge in [-0.05, 0) is 199 Å². The Bertz CT molecular complexity index is 4880. The van der Waals surface area contributed by atoms with Gasteiger partial charge in [0.1, 0.15) is 0 Å². The van der Waals surface area contributed by atoms with Gasteiger partial charge < -0.3 is 9.13 Å². The lowest BCUT2D eigenvalue weighted by Gasteiger charge is -2.11. The van der Waals surface area contributed by atoms with Gasteiger partial charge in [0.15, 0.2) is 0 Å². The molecule has 0 aliphatic carbocycles. The van der Waals surface area contributed by atoms with Crippen LogP contribution in [0.3, 0.4) is 0 Å². The lowest BCUT2D eigenvalue weighted by molar-refractivity contribution is 1.18. The minimum Gasteiger partial charge on any atom is -0.309 e. The fourth-order valence-electron chi connectivity index (χ4n) is 13.2. The molecule has 0 unspecified atom stereocenters. The molecule has 5 heterocycles. The third kappa shape index (κ3) is 8.91. The maximum Gasteiger partial charge on any atom is 0.0541 e. The van der Waals surface area contributed by atoms with Crippen molar-refractivity contribution in [3.05, 3.63) is 316 Å². The van der Waals surface area contributed by atoms with Crippen molar-refractivity contribution in [3.63, 3.8) is 0 Å². The molecule has 4 nitrogen and oxygen atoms in total. The second kappa shape index (κ2) is 20.8. The number of fused-ring (bicyclic) bond motifs is 9. The van der Waals surface area contributed by atoms with E-state index in [1.54, 1.807) is 0 Å². The largest absolute Gasteiger partial charge is 0.309 e. The molecule has 0 fully saturated rings. The molecule has 0 saturated carbocycles. The van der Waals surface area contributed by atoms with Crippen molar-refractivity contribution in [3.8, 4) is 100 Å². The zero-order valence-corrected chi connectivity index (χ0v) is 48.0. The molecule has 5 aromatic heterocycles. The highest BCUT2D eigenvalue weighted by Crippen LogP contribution is 2.44. The van der Waals surface area contributed by atoms with Crippen molar-refractivity contribution in [2.24, 2.45) is 0 Å². The lowest BCUT2D eigenvalue weighted by Crippen LogP contribution is -1.94. The quantitative estimate of drug-likeness (QED) is 0.137. The van der Waals surface area contributed by atoms with E-state index in [0.29, 0.717) is 0 Å². The molecule has 406 valence electrons. The molecule has 5 heteroatoms. The van der Waals surface area contributed by atoms with Crippen molar-refractivity contribution < 1.29 is 0 Å². The highest BCUT2D eigenvalue weighted by Gasteiger charge is 2.20. The standard InChI is InChI=1S/C82H52N4S/c1-3-13-53(14-4-1)55-17-7-19-57(41-55)63-27-33-77-71(45-63)73-47-65(59-21-9-23-61(43-59)67-25-11-39-83-51-67)29-35-79(73)85(77)69-31-37-81-75(49-69)76-50-70(32-38-82(76)87-81)86-78-34-28-64(58-20-8-18-56(42-58)54-15-5-2-6-16-54)46-72(78)74-48-66(30-36-80(74)86)60-22-10-24-62(44-60)68-26-12-40-84-52-68/h1-52H. The molecule has 17 rings (SSSR count). The second-order valence-corrected chi connectivity index (χ2v) is 23.7. The highest BCUT2D eigenvalue weighted by molar-refractivity contribution is 7.25. The van der Waals surface area contributed by atoms with Gasteiger partial charge in [-0.3, -0.25) is 9.97 Å². The van der Waals surface area contributed by atoms with Gasteiger partial charge in [-0.1, -0.05) is 170 Å². The van der Waals surface area contributed by atoms with Crippen LogP contribution in [0.5, 0.6) is 0 Å². The molecule has 0 atom stereocenters. The third-order valence-corrected chi connectivity index (χ3v) is 18.6. The maximum absolute atomic E-state index is 4.43. The van der Waals surface area contributed by atoms with Crippen LogP contribution in [0.25, 0.3) is 164 Å². The second-order valence-electron chi connectivity index (χ2n) is 22.6. The lowest BCUT2D eigenvalue weighted by atomic mass is 9.97. The molecule has 0 aliphatic rings. The Labute approximate surface area is 507 Å². The van der Waals surface area contributed by atoms with Gasteiger partial charge >= 0.3 is 0 Å². The molecule has 0 bridgehead atoms. The van der Waals surface area contributed by atoms with Crippen molar-refractivity contribution in [2.45, 2.75) is 0 Å². The molecule has 0 radical (unpaired) electrons. The third-order valence-electron chi connectivity index (χ3n) is 17.5. The molecule has 12 aromatic carbocycles. The summed E-state index contributed by atoms with van der Waals surface area (Å²) in [5.41, 5.74) is 25.6. The van der Waals surface area contributed by atoms with Crippen LogP contribution < -0.4 is 0 Å². The number of nitrogens with zero attached hydrogens (tertiary/aromatic N) is 4. The Balaban J connectivity index is 0.821. The van der Waals surface area contributed by atoms with Gasteiger partial charge in [-0.15, -0.1) is 11.3 Å². The summed E-state index contributed by atoms with van der Waals surface area (Å²) >= 11 is 1.86.